The van der Waals surface area contributed by atoms with Crippen LogP contribution in [-0.4, -0.2) is 29.2 Å². The lowest BCUT2D eigenvalue weighted by molar-refractivity contribution is 0.378. The predicted octanol–water partition coefficient (Wildman–Crippen LogP) is 2.17. The summed E-state index contributed by atoms with van der Waals surface area (Å²) in [6.45, 7) is 2.42. The molecule has 3 aromatic heterocycles. The fraction of sp³-hybridized carbons (Fsp3) is 0.316. The Labute approximate surface area is 170 Å². The van der Waals surface area contributed by atoms with Gasteiger partial charge in [0.05, 0.1) is 6.42 Å². The summed E-state index contributed by atoms with van der Waals surface area (Å²) in [4.78, 5) is 36.5. The second-order valence-electron chi connectivity index (χ2n) is 6.58. The molecule has 0 unspecified atom stereocenters. The summed E-state index contributed by atoms with van der Waals surface area (Å²) in [6, 6.07) is 9.85. The molecule has 4 aromatic rings. The zero-order valence-electron chi connectivity index (χ0n) is 15.8. The van der Waals surface area contributed by atoms with Crippen LogP contribution in [-0.2, 0) is 25.9 Å². The molecule has 0 aliphatic heterocycles. The van der Waals surface area contributed by atoms with Gasteiger partial charge >= 0.3 is 5.69 Å². The summed E-state index contributed by atoms with van der Waals surface area (Å²) in [5.74, 6) is 1.08. The molecule has 0 fully saturated rings. The van der Waals surface area contributed by atoms with Gasteiger partial charge in [0.15, 0.2) is 17.0 Å². The number of hydrogen-bond acceptors (Lipinski definition) is 6. The summed E-state index contributed by atoms with van der Waals surface area (Å²) in [5, 5.41) is 4.06. The first kappa shape index (κ1) is 19.1. The van der Waals surface area contributed by atoms with E-state index in [1.807, 2.05) is 37.3 Å². The van der Waals surface area contributed by atoms with Crippen LogP contribution in [0.3, 0.4) is 0 Å². The quantitative estimate of drug-likeness (QED) is 0.464. The molecular formula is C19H19ClN6O3. The highest BCUT2D eigenvalue weighted by Crippen LogP contribution is 2.10. The van der Waals surface area contributed by atoms with Crippen LogP contribution in [0.25, 0.3) is 11.2 Å². The third kappa shape index (κ3) is 3.86. The van der Waals surface area contributed by atoms with E-state index in [9.17, 15) is 9.59 Å². The van der Waals surface area contributed by atoms with E-state index in [1.165, 1.54) is 9.13 Å². The first-order chi connectivity index (χ1) is 14.1. The molecular weight excluding hydrogens is 396 g/mol. The molecule has 0 aliphatic carbocycles. The maximum Gasteiger partial charge on any atom is 0.332 e. The van der Waals surface area contributed by atoms with Crippen LogP contribution in [0.4, 0.5) is 0 Å². The van der Waals surface area contributed by atoms with E-state index in [4.69, 9.17) is 16.1 Å². The van der Waals surface area contributed by atoms with E-state index in [0.717, 1.165) is 5.56 Å². The van der Waals surface area contributed by atoms with Crippen LogP contribution in [0.2, 0.25) is 5.28 Å². The van der Waals surface area contributed by atoms with Gasteiger partial charge in [0, 0.05) is 19.5 Å². The van der Waals surface area contributed by atoms with Crippen molar-refractivity contribution < 1.29 is 4.52 Å². The molecule has 29 heavy (non-hydrogen) atoms. The molecule has 1 N–H and O–H groups in total. The van der Waals surface area contributed by atoms with Crippen molar-refractivity contribution in [2.24, 2.45) is 0 Å². The highest BCUT2D eigenvalue weighted by Gasteiger charge is 2.16. The zero-order valence-corrected chi connectivity index (χ0v) is 16.5. The second-order valence-corrected chi connectivity index (χ2v) is 6.94. The smallest absolute Gasteiger partial charge is 0.332 e. The number of rotatable bonds is 7. The third-order valence-electron chi connectivity index (χ3n) is 4.64. The lowest BCUT2D eigenvalue weighted by atomic mass is 10.1. The van der Waals surface area contributed by atoms with E-state index in [1.54, 1.807) is 0 Å². The molecule has 0 saturated heterocycles. The van der Waals surface area contributed by atoms with E-state index >= 15 is 0 Å². The number of benzene rings is 1. The third-order valence-corrected chi connectivity index (χ3v) is 4.82. The topological polar surface area (TPSA) is 112 Å². The molecule has 10 heteroatoms. The normalized spacial score (nSPS) is 11.4. The number of aromatic amines is 1. The average molecular weight is 415 g/mol. The van der Waals surface area contributed by atoms with Gasteiger partial charge in [-0.2, -0.15) is 9.97 Å². The van der Waals surface area contributed by atoms with Gasteiger partial charge in [-0.1, -0.05) is 35.5 Å². The summed E-state index contributed by atoms with van der Waals surface area (Å²) in [5.41, 5.74) is 0.729. The number of halogens is 1. The van der Waals surface area contributed by atoms with Crippen molar-refractivity contribution in [3.8, 4) is 0 Å². The lowest BCUT2D eigenvalue weighted by Gasteiger charge is -2.08. The van der Waals surface area contributed by atoms with E-state index in [0.29, 0.717) is 37.5 Å². The predicted molar refractivity (Wildman–Crippen MR) is 107 cm³/mol. The molecule has 0 radical (unpaired) electrons. The molecule has 0 saturated carbocycles. The minimum absolute atomic E-state index is 0.0780. The molecule has 150 valence electrons. The number of nitrogens with zero attached hydrogens (tertiary/aromatic N) is 5. The summed E-state index contributed by atoms with van der Waals surface area (Å²) in [6.07, 6.45) is 1.56. The van der Waals surface area contributed by atoms with Crippen LogP contribution in [0.1, 0.15) is 30.6 Å². The molecule has 0 amide bonds. The Hall–Kier alpha value is -3.20. The van der Waals surface area contributed by atoms with Crippen molar-refractivity contribution in [2.75, 3.05) is 0 Å². The summed E-state index contributed by atoms with van der Waals surface area (Å²) >= 11 is 5.88. The van der Waals surface area contributed by atoms with Gasteiger partial charge in [0.2, 0.25) is 11.2 Å². The highest BCUT2D eigenvalue weighted by molar-refractivity contribution is 6.28. The van der Waals surface area contributed by atoms with Gasteiger partial charge in [-0.05, 0) is 30.5 Å². The molecule has 0 bridgehead atoms. The van der Waals surface area contributed by atoms with Crippen LogP contribution >= 0.6 is 11.6 Å². The molecule has 0 spiro atoms. The standard InChI is InChI=1S/C19H19ClN6O3/c1-2-25-16-15(22-18(20)23-16)17(27)26(19(25)28)10-6-9-13-21-14(29-24-13)11-12-7-4-3-5-8-12/h3-5,7-8H,2,6,9-11H2,1H3,(H,22,23). The number of nitrogens with one attached hydrogen (secondary N) is 1. The van der Waals surface area contributed by atoms with Crippen molar-refractivity contribution >= 4 is 22.8 Å². The van der Waals surface area contributed by atoms with Gasteiger partial charge in [-0.15, -0.1) is 0 Å². The van der Waals surface area contributed by atoms with Crippen molar-refractivity contribution in [1.82, 2.24) is 29.2 Å². The Morgan fingerprint density at radius 2 is 1.93 bits per heavy atom. The fourth-order valence-electron chi connectivity index (χ4n) is 3.25. The zero-order chi connectivity index (χ0) is 20.4. The molecule has 1 aromatic carbocycles. The largest absolute Gasteiger partial charge is 0.339 e. The van der Waals surface area contributed by atoms with Crippen molar-refractivity contribution in [2.45, 2.75) is 39.3 Å². The van der Waals surface area contributed by atoms with Crippen LogP contribution in [0.15, 0.2) is 44.4 Å². The fourth-order valence-corrected chi connectivity index (χ4v) is 3.42. The average Bonchev–Trinajstić information content (AvgIpc) is 3.32. The molecule has 4 rings (SSSR count). The lowest BCUT2D eigenvalue weighted by Crippen LogP contribution is -2.40. The van der Waals surface area contributed by atoms with Gasteiger partial charge in [0.1, 0.15) is 0 Å². The van der Waals surface area contributed by atoms with Crippen LogP contribution < -0.4 is 11.2 Å². The number of hydrogen-bond donors (Lipinski definition) is 1. The Bertz CT molecular complexity index is 1250. The molecule has 0 atom stereocenters. The number of fused-ring (bicyclic) bond motifs is 1. The highest BCUT2D eigenvalue weighted by atomic mass is 35.5. The Morgan fingerprint density at radius 3 is 2.69 bits per heavy atom. The van der Waals surface area contributed by atoms with Crippen molar-refractivity contribution in [3.05, 3.63) is 73.7 Å². The number of H-pyrrole nitrogens is 1. The van der Waals surface area contributed by atoms with Gasteiger partial charge in [-0.3, -0.25) is 13.9 Å². The van der Waals surface area contributed by atoms with Crippen LogP contribution in [0, 0.1) is 0 Å². The Morgan fingerprint density at radius 1 is 1.14 bits per heavy atom. The Balaban J connectivity index is 1.48. The Kier molecular flexibility index (Phi) is 5.30. The first-order valence-electron chi connectivity index (χ1n) is 9.31. The minimum Gasteiger partial charge on any atom is -0.339 e. The van der Waals surface area contributed by atoms with Gasteiger partial charge < -0.3 is 9.51 Å². The number of imidazole rings is 1. The van der Waals surface area contributed by atoms with Gasteiger partial charge in [-0.25, -0.2) is 4.79 Å². The van der Waals surface area contributed by atoms with E-state index < -0.39 is 11.2 Å². The number of aryl methyl sites for hydroxylation is 2. The number of aromatic nitrogens is 6. The monoisotopic (exact) mass is 414 g/mol. The summed E-state index contributed by atoms with van der Waals surface area (Å²) in [7, 11) is 0. The summed E-state index contributed by atoms with van der Waals surface area (Å²) < 4.78 is 7.90. The van der Waals surface area contributed by atoms with Gasteiger partial charge in [0.25, 0.3) is 5.56 Å². The minimum atomic E-state index is -0.438. The maximum absolute atomic E-state index is 12.7. The van der Waals surface area contributed by atoms with Crippen LogP contribution in [0.5, 0.6) is 0 Å². The molecule has 3 heterocycles. The molecule has 9 nitrogen and oxygen atoms in total. The SMILES string of the molecule is CCn1c(=O)n(CCCc2noc(Cc3ccccc3)n2)c(=O)c2[nH]c(Cl)nc21. The van der Waals surface area contributed by atoms with E-state index in [-0.39, 0.29) is 23.0 Å². The van der Waals surface area contributed by atoms with Crippen molar-refractivity contribution in [3.63, 3.8) is 0 Å². The van der Waals surface area contributed by atoms with Crippen molar-refractivity contribution in [1.29, 1.82) is 0 Å². The second kappa shape index (κ2) is 8.04. The maximum atomic E-state index is 12.7. The first-order valence-corrected chi connectivity index (χ1v) is 9.69. The molecule has 0 aliphatic rings. The van der Waals surface area contributed by atoms with E-state index in [2.05, 4.69) is 20.1 Å².